The lowest BCUT2D eigenvalue weighted by Crippen LogP contribution is -2.39. The molecule has 0 aliphatic heterocycles. The molecular formula is C18H26ClFIN5O. The highest BCUT2D eigenvalue weighted by atomic mass is 127. The molecule has 0 bridgehead atoms. The SMILES string of the molecule is CCNC(=NCC(C)(O)c1cnn(C)c1)NCCc1c(F)cccc1Cl.I. The summed E-state index contributed by atoms with van der Waals surface area (Å²) in [5.41, 5.74) is 0.0310. The van der Waals surface area contributed by atoms with E-state index >= 15 is 0 Å². The zero-order valence-electron chi connectivity index (χ0n) is 15.7. The third-order valence-corrected chi connectivity index (χ3v) is 4.30. The van der Waals surface area contributed by atoms with Gasteiger partial charge in [-0.05, 0) is 32.4 Å². The van der Waals surface area contributed by atoms with Crippen LogP contribution in [0.15, 0.2) is 35.6 Å². The Bertz CT molecular complexity index is 746. The first-order valence-electron chi connectivity index (χ1n) is 8.50. The molecule has 9 heteroatoms. The summed E-state index contributed by atoms with van der Waals surface area (Å²) >= 11 is 6.04. The molecule has 0 aliphatic rings. The first-order valence-corrected chi connectivity index (χ1v) is 8.88. The van der Waals surface area contributed by atoms with Crippen LogP contribution in [-0.4, -0.2) is 40.5 Å². The predicted molar refractivity (Wildman–Crippen MR) is 117 cm³/mol. The molecule has 0 saturated carbocycles. The molecular weight excluding hydrogens is 484 g/mol. The van der Waals surface area contributed by atoms with Gasteiger partial charge in [-0.15, -0.1) is 24.0 Å². The Labute approximate surface area is 181 Å². The van der Waals surface area contributed by atoms with Crippen molar-refractivity contribution in [3.05, 3.63) is 52.6 Å². The summed E-state index contributed by atoms with van der Waals surface area (Å²) in [6.07, 6.45) is 3.81. The number of aliphatic imine (C=N–C) groups is 1. The fourth-order valence-electron chi connectivity index (χ4n) is 2.44. The van der Waals surface area contributed by atoms with Crippen molar-refractivity contribution in [3.8, 4) is 0 Å². The predicted octanol–water partition coefficient (Wildman–Crippen LogP) is 2.84. The molecule has 0 amide bonds. The van der Waals surface area contributed by atoms with E-state index in [0.29, 0.717) is 41.6 Å². The molecule has 6 nitrogen and oxygen atoms in total. The molecule has 1 aromatic heterocycles. The lowest BCUT2D eigenvalue weighted by Gasteiger charge is -2.20. The number of benzene rings is 1. The molecule has 3 N–H and O–H groups in total. The van der Waals surface area contributed by atoms with Gasteiger partial charge >= 0.3 is 0 Å². The van der Waals surface area contributed by atoms with Gasteiger partial charge in [-0.3, -0.25) is 4.68 Å². The molecule has 1 atom stereocenters. The number of aliphatic hydroxyl groups is 1. The second-order valence-corrected chi connectivity index (χ2v) is 6.66. The van der Waals surface area contributed by atoms with Gasteiger partial charge in [0.1, 0.15) is 11.4 Å². The standard InChI is InChI=1S/C18H25ClFN5O.HI/c1-4-21-17(22-9-8-14-15(19)6-5-7-16(14)20)23-12-18(2,26)13-10-24-25(3)11-13;/h5-7,10-11,26H,4,8-9,12H2,1-3H3,(H2,21,22,23);1H. The maximum Gasteiger partial charge on any atom is 0.191 e. The average molecular weight is 510 g/mol. The van der Waals surface area contributed by atoms with E-state index in [1.165, 1.54) is 6.07 Å². The van der Waals surface area contributed by atoms with Crippen molar-refractivity contribution in [2.75, 3.05) is 19.6 Å². The Hall–Kier alpha value is -1.39. The maximum absolute atomic E-state index is 13.8. The molecule has 27 heavy (non-hydrogen) atoms. The van der Waals surface area contributed by atoms with Crippen LogP contribution in [0.5, 0.6) is 0 Å². The number of guanidine groups is 1. The molecule has 0 radical (unpaired) electrons. The van der Waals surface area contributed by atoms with E-state index in [9.17, 15) is 9.50 Å². The number of hydrogen-bond acceptors (Lipinski definition) is 3. The monoisotopic (exact) mass is 509 g/mol. The van der Waals surface area contributed by atoms with Crippen LogP contribution >= 0.6 is 35.6 Å². The molecule has 0 fully saturated rings. The van der Waals surface area contributed by atoms with Crippen LogP contribution < -0.4 is 10.6 Å². The fourth-order valence-corrected chi connectivity index (χ4v) is 2.70. The number of rotatable bonds is 7. The van der Waals surface area contributed by atoms with Crippen molar-refractivity contribution < 1.29 is 9.50 Å². The fraction of sp³-hybridized carbons (Fsp3) is 0.444. The van der Waals surface area contributed by atoms with Gasteiger partial charge in [-0.25, -0.2) is 9.38 Å². The summed E-state index contributed by atoms with van der Waals surface area (Å²) in [4.78, 5) is 4.43. The van der Waals surface area contributed by atoms with Crippen LogP contribution in [0.1, 0.15) is 25.0 Å². The second kappa shape index (κ2) is 10.8. The number of aryl methyl sites for hydroxylation is 1. The van der Waals surface area contributed by atoms with Gasteiger partial charge in [-0.1, -0.05) is 17.7 Å². The average Bonchev–Trinajstić information content (AvgIpc) is 3.03. The van der Waals surface area contributed by atoms with E-state index in [-0.39, 0.29) is 36.3 Å². The number of nitrogens with one attached hydrogen (secondary N) is 2. The van der Waals surface area contributed by atoms with Crippen molar-refractivity contribution in [1.82, 2.24) is 20.4 Å². The zero-order chi connectivity index (χ0) is 19.2. The van der Waals surface area contributed by atoms with Crippen LogP contribution in [0.25, 0.3) is 0 Å². The number of nitrogens with zero attached hydrogens (tertiary/aromatic N) is 3. The van der Waals surface area contributed by atoms with Crippen LogP contribution in [0, 0.1) is 5.82 Å². The maximum atomic E-state index is 13.8. The number of aromatic nitrogens is 2. The van der Waals surface area contributed by atoms with E-state index in [4.69, 9.17) is 11.6 Å². The first kappa shape index (κ1) is 23.6. The van der Waals surface area contributed by atoms with Gasteiger partial charge in [0.15, 0.2) is 5.96 Å². The quantitative estimate of drug-likeness (QED) is 0.305. The molecule has 150 valence electrons. The topological polar surface area (TPSA) is 74.5 Å². The van der Waals surface area contributed by atoms with Crippen LogP contribution in [0.3, 0.4) is 0 Å². The van der Waals surface area contributed by atoms with Gasteiger partial charge in [0, 0.05) is 42.5 Å². The minimum atomic E-state index is -1.13. The summed E-state index contributed by atoms with van der Waals surface area (Å²) in [6.45, 7) is 4.93. The lowest BCUT2D eigenvalue weighted by atomic mass is 10.0. The summed E-state index contributed by atoms with van der Waals surface area (Å²) in [5, 5.41) is 21.3. The van der Waals surface area contributed by atoms with Crippen molar-refractivity contribution in [1.29, 1.82) is 0 Å². The van der Waals surface area contributed by atoms with Gasteiger partial charge in [-0.2, -0.15) is 5.10 Å². The van der Waals surface area contributed by atoms with Crippen molar-refractivity contribution in [2.24, 2.45) is 12.0 Å². The van der Waals surface area contributed by atoms with E-state index in [1.54, 1.807) is 43.2 Å². The summed E-state index contributed by atoms with van der Waals surface area (Å²) < 4.78 is 15.5. The van der Waals surface area contributed by atoms with Crippen LogP contribution in [0.2, 0.25) is 5.02 Å². The Kier molecular flexibility index (Phi) is 9.48. The minimum absolute atomic E-state index is 0. The third-order valence-electron chi connectivity index (χ3n) is 3.95. The Balaban J connectivity index is 0.00000364. The summed E-state index contributed by atoms with van der Waals surface area (Å²) in [6, 6.07) is 4.65. The lowest BCUT2D eigenvalue weighted by molar-refractivity contribution is 0.0672. The highest BCUT2D eigenvalue weighted by Crippen LogP contribution is 2.20. The van der Waals surface area contributed by atoms with E-state index in [0.717, 1.165) is 0 Å². The molecule has 2 rings (SSSR count). The van der Waals surface area contributed by atoms with Gasteiger partial charge < -0.3 is 15.7 Å². The molecule has 2 aromatic rings. The Morgan fingerprint density at radius 3 is 2.74 bits per heavy atom. The highest BCUT2D eigenvalue weighted by molar-refractivity contribution is 14.0. The second-order valence-electron chi connectivity index (χ2n) is 6.25. The smallest absolute Gasteiger partial charge is 0.191 e. The number of halogens is 3. The highest BCUT2D eigenvalue weighted by Gasteiger charge is 2.24. The molecule has 1 unspecified atom stereocenters. The summed E-state index contributed by atoms with van der Waals surface area (Å²) in [7, 11) is 1.79. The van der Waals surface area contributed by atoms with Crippen molar-refractivity contribution >= 4 is 41.5 Å². The molecule has 1 heterocycles. The van der Waals surface area contributed by atoms with Gasteiger partial charge in [0.25, 0.3) is 0 Å². The van der Waals surface area contributed by atoms with E-state index in [1.807, 2.05) is 6.92 Å². The van der Waals surface area contributed by atoms with Crippen molar-refractivity contribution in [3.63, 3.8) is 0 Å². The third kappa shape index (κ3) is 6.93. The van der Waals surface area contributed by atoms with Crippen LogP contribution in [0.4, 0.5) is 4.39 Å². The van der Waals surface area contributed by atoms with E-state index in [2.05, 4.69) is 20.7 Å². The van der Waals surface area contributed by atoms with E-state index < -0.39 is 5.60 Å². The first-order chi connectivity index (χ1) is 12.3. The molecule has 0 saturated heterocycles. The van der Waals surface area contributed by atoms with Gasteiger partial charge in [0.05, 0.1) is 12.7 Å². The van der Waals surface area contributed by atoms with Gasteiger partial charge in [0.2, 0.25) is 0 Å². The van der Waals surface area contributed by atoms with Crippen LogP contribution in [-0.2, 0) is 19.1 Å². The molecule has 0 spiro atoms. The molecule has 1 aromatic carbocycles. The zero-order valence-corrected chi connectivity index (χ0v) is 18.8. The largest absolute Gasteiger partial charge is 0.383 e. The minimum Gasteiger partial charge on any atom is -0.383 e. The Morgan fingerprint density at radius 1 is 1.41 bits per heavy atom. The Morgan fingerprint density at radius 2 is 2.15 bits per heavy atom. The summed E-state index contributed by atoms with van der Waals surface area (Å²) in [5.74, 6) is 0.227. The van der Waals surface area contributed by atoms with Crippen molar-refractivity contribution in [2.45, 2.75) is 25.9 Å². The molecule has 0 aliphatic carbocycles. The normalized spacial score (nSPS) is 13.6. The number of hydrogen-bond donors (Lipinski definition) is 3.